The van der Waals surface area contributed by atoms with Crippen LogP contribution in [0.2, 0.25) is 0 Å². The van der Waals surface area contributed by atoms with Gasteiger partial charge in [0, 0.05) is 24.6 Å². The quantitative estimate of drug-likeness (QED) is 0.286. The van der Waals surface area contributed by atoms with E-state index in [1.807, 2.05) is 23.6 Å². The molecule has 1 aliphatic heterocycles. The summed E-state index contributed by atoms with van der Waals surface area (Å²) in [5.41, 5.74) is 4.94. The second-order valence-corrected chi connectivity index (χ2v) is 11.6. The van der Waals surface area contributed by atoms with Gasteiger partial charge in [0.15, 0.2) is 5.82 Å². The van der Waals surface area contributed by atoms with Crippen molar-refractivity contribution in [2.45, 2.75) is 52.1 Å². The molecule has 40 heavy (non-hydrogen) atoms. The minimum atomic E-state index is -1.01. The molecule has 0 atom stereocenters. The van der Waals surface area contributed by atoms with Crippen LogP contribution in [0.4, 0.5) is 0 Å². The second-order valence-electron chi connectivity index (χ2n) is 10.7. The molecule has 0 spiro atoms. The van der Waals surface area contributed by atoms with E-state index in [-0.39, 0.29) is 5.56 Å². The van der Waals surface area contributed by atoms with Crippen molar-refractivity contribution in [1.82, 2.24) is 19.7 Å². The van der Waals surface area contributed by atoms with E-state index in [2.05, 4.69) is 41.2 Å². The number of thiophene rings is 1. The van der Waals surface area contributed by atoms with Crippen LogP contribution in [-0.2, 0) is 11.4 Å². The summed E-state index contributed by atoms with van der Waals surface area (Å²) in [6, 6.07) is 14.2. The Bertz CT molecular complexity index is 1560. The summed E-state index contributed by atoms with van der Waals surface area (Å²) >= 11 is 1.59. The third kappa shape index (κ3) is 5.25. The van der Waals surface area contributed by atoms with Crippen LogP contribution in [-0.4, -0.2) is 49.7 Å². The average molecular weight is 557 g/mol. The molecular weight excluding hydrogens is 524 g/mol. The minimum absolute atomic E-state index is 0.160. The van der Waals surface area contributed by atoms with E-state index in [0.29, 0.717) is 35.9 Å². The Kier molecular flexibility index (Phi) is 7.14. The molecular formula is C31H32N4O4S. The van der Waals surface area contributed by atoms with Crippen LogP contribution in [0.15, 0.2) is 54.0 Å². The number of carbonyl (C=O) groups is 2. The van der Waals surface area contributed by atoms with Crippen molar-refractivity contribution in [2.75, 3.05) is 13.1 Å². The van der Waals surface area contributed by atoms with Crippen molar-refractivity contribution in [3.05, 3.63) is 82.0 Å². The summed E-state index contributed by atoms with van der Waals surface area (Å²) < 4.78 is 7.83. The number of aryl methyl sites for hydroxylation is 1. The first-order valence-electron chi connectivity index (χ1n) is 13.7. The lowest BCUT2D eigenvalue weighted by atomic mass is 9.88. The Labute approximate surface area is 237 Å². The summed E-state index contributed by atoms with van der Waals surface area (Å²) in [4.78, 5) is 31.7. The number of hydrogen-bond donors (Lipinski definition) is 1. The van der Waals surface area contributed by atoms with Gasteiger partial charge in [-0.15, -0.1) is 11.3 Å². The molecule has 206 valence electrons. The summed E-state index contributed by atoms with van der Waals surface area (Å²) in [6.45, 7) is 5.93. The van der Waals surface area contributed by atoms with Crippen LogP contribution in [0, 0.1) is 19.8 Å². The molecule has 1 aromatic carbocycles. The smallest absolute Gasteiger partial charge is 0.339 e. The largest absolute Gasteiger partial charge is 0.489 e. The zero-order valence-electron chi connectivity index (χ0n) is 22.7. The van der Waals surface area contributed by atoms with Crippen molar-refractivity contribution in [2.24, 2.45) is 5.92 Å². The number of likely N-dealkylation sites (tertiary alicyclic amines) is 1. The van der Waals surface area contributed by atoms with Crippen LogP contribution < -0.4 is 4.74 Å². The van der Waals surface area contributed by atoms with Gasteiger partial charge in [-0.3, -0.25) is 4.79 Å². The maximum absolute atomic E-state index is 12.4. The lowest BCUT2D eigenvalue weighted by Gasteiger charge is -2.32. The summed E-state index contributed by atoms with van der Waals surface area (Å²) in [7, 11) is 0. The zero-order valence-corrected chi connectivity index (χ0v) is 23.5. The number of rotatable bonds is 8. The highest BCUT2D eigenvalue weighted by molar-refractivity contribution is 7.13. The number of aromatic nitrogens is 3. The normalized spacial score (nSPS) is 15.8. The molecule has 0 bridgehead atoms. The number of ether oxygens (including phenoxy) is 1. The molecule has 1 N–H and O–H groups in total. The van der Waals surface area contributed by atoms with Gasteiger partial charge in [0.2, 0.25) is 5.91 Å². The predicted molar refractivity (Wildman–Crippen MR) is 153 cm³/mol. The van der Waals surface area contributed by atoms with Crippen LogP contribution in [0.1, 0.15) is 64.3 Å². The van der Waals surface area contributed by atoms with Crippen LogP contribution in [0.25, 0.3) is 16.4 Å². The molecule has 1 amide bonds. The van der Waals surface area contributed by atoms with Crippen molar-refractivity contribution < 1.29 is 19.4 Å². The SMILES string of the molecule is Cc1cc(C2CCN(C(=O)C3CC3)CC2)ccc1OCc1ccsc1-c1cccc(-n2ncc(C(=O)O)c2C)n1. The molecule has 4 aromatic rings. The van der Waals surface area contributed by atoms with Gasteiger partial charge in [0.1, 0.15) is 17.9 Å². The number of benzene rings is 1. The molecule has 0 radical (unpaired) electrons. The topological polar surface area (TPSA) is 97.6 Å². The second kappa shape index (κ2) is 10.9. The standard InChI is InChI=1S/C31H32N4O4S/c1-19-16-23(21-10-13-34(14-11-21)30(36)22-6-7-22)8-9-27(19)39-18-24-12-15-40-29(24)26-4-3-5-28(33-26)35-20(2)25(17-32-35)31(37)38/h3-5,8-9,12,15-17,21-22H,6-7,10-11,13-14,18H2,1-2H3,(H,37,38). The number of nitrogens with zero attached hydrogens (tertiary/aromatic N) is 4. The van der Waals surface area contributed by atoms with Gasteiger partial charge >= 0.3 is 5.97 Å². The fourth-order valence-corrected chi connectivity index (χ4v) is 6.34. The first-order chi connectivity index (χ1) is 19.4. The highest BCUT2D eigenvalue weighted by Gasteiger charge is 2.35. The zero-order chi connectivity index (χ0) is 27.8. The molecule has 9 heteroatoms. The van der Waals surface area contributed by atoms with Gasteiger partial charge in [-0.05, 0) is 86.2 Å². The number of piperidine rings is 1. The number of carboxylic acids is 1. The Hall–Kier alpha value is -3.98. The maximum Gasteiger partial charge on any atom is 0.339 e. The first-order valence-corrected chi connectivity index (χ1v) is 14.6. The van der Waals surface area contributed by atoms with Gasteiger partial charge in [0.05, 0.1) is 22.5 Å². The number of amides is 1. The fraction of sp³-hybridized carbons (Fsp3) is 0.355. The first kappa shape index (κ1) is 26.3. The molecule has 2 fully saturated rings. The van der Waals surface area contributed by atoms with Crippen molar-refractivity contribution in [3.8, 4) is 22.1 Å². The van der Waals surface area contributed by atoms with Crippen molar-refractivity contribution in [3.63, 3.8) is 0 Å². The van der Waals surface area contributed by atoms with E-state index >= 15 is 0 Å². The Morgan fingerprint density at radius 1 is 1.07 bits per heavy atom. The van der Waals surface area contributed by atoms with Gasteiger partial charge in [-0.25, -0.2) is 14.5 Å². The Balaban J connectivity index is 1.12. The highest BCUT2D eigenvalue weighted by Crippen LogP contribution is 2.36. The van der Waals surface area contributed by atoms with E-state index in [1.165, 1.54) is 11.8 Å². The van der Waals surface area contributed by atoms with Gasteiger partial charge in [-0.2, -0.15) is 5.10 Å². The third-order valence-corrected chi connectivity index (χ3v) is 8.94. The van der Waals surface area contributed by atoms with Crippen LogP contribution in [0.5, 0.6) is 5.75 Å². The molecule has 8 nitrogen and oxygen atoms in total. The summed E-state index contributed by atoms with van der Waals surface area (Å²) in [6.07, 6.45) is 5.50. The summed E-state index contributed by atoms with van der Waals surface area (Å²) in [5, 5.41) is 15.6. The Morgan fingerprint density at radius 3 is 2.58 bits per heavy atom. The number of pyridine rings is 1. The Morgan fingerprint density at radius 2 is 1.88 bits per heavy atom. The third-order valence-electron chi connectivity index (χ3n) is 7.96. The van der Waals surface area contributed by atoms with Gasteiger partial charge in [-0.1, -0.05) is 18.2 Å². The molecule has 2 aliphatic rings. The van der Waals surface area contributed by atoms with E-state index in [0.717, 1.165) is 66.2 Å². The number of hydrogen-bond acceptors (Lipinski definition) is 6. The average Bonchev–Trinajstić information content (AvgIpc) is 3.58. The monoisotopic (exact) mass is 556 g/mol. The van der Waals surface area contributed by atoms with Crippen molar-refractivity contribution >= 4 is 23.2 Å². The van der Waals surface area contributed by atoms with Crippen molar-refractivity contribution in [1.29, 1.82) is 0 Å². The molecule has 3 aromatic heterocycles. The maximum atomic E-state index is 12.4. The van der Waals surface area contributed by atoms with Crippen LogP contribution in [0.3, 0.4) is 0 Å². The molecule has 1 aliphatic carbocycles. The molecule has 1 saturated carbocycles. The molecule has 1 saturated heterocycles. The molecule has 0 unspecified atom stereocenters. The number of carboxylic acid groups (broad SMARTS) is 1. The minimum Gasteiger partial charge on any atom is -0.489 e. The molecule has 4 heterocycles. The highest BCUT2D eigenvalue weighted by atomic mass is 32.1. The van der Waals surface area contributed by atoms with Gasteiger partial charge in [0.25, 0.3) is 0 Å². The van der Waals surface area contributed by atoms with Gasteiger partial charge < -0.3 is 14.7 Å². The predicted octanol–water partition coefficient (Wildman–Crippen LogP) is 6.01. The van der Waals surface area contributed by atoms with E-state index in [9.17, 15) is 14.7 Å². The lowest BCUT2D eigenvalue weighted by molar-refractivity contribution is -0.133. The number of carbonyl (C=O) groups excluding carboxylic acids is 1. The van der Waals surface area contributed by atoms with Crippen LogP contribution >= 0.6 is 11.3 Å². The lowest BCUT2D eigenvalue weighted by Crippen LogP contribution is -2.38. The number of aromatic carboxylic acids is 1. The summed E-state index contributed by atoms with van der Waals surface area (Å²) in [5.74, 6) is 1.55. The van der Waals surface area contributed by atoms with E-state index in [1.54, 1.807) is 22.9 Å². The molecule has 6 rings (SSSR count). The van der Waals surface area contributed by atoms with E-state index < -0.39 is 5.97 Å². The fourth-order valence-electron chi connectivity index (χ4n) is 5.46. The van der Waals surface area contributed by atoms with E-state index in [4.69, 9.17) is 9.72 Å².